The summed E-state index contributed by atoms with van der Waals surface area (Å²) < 4.78 is 0. The van der Waals surface area contributed by atoms with Crippen LogP contribution >= 0.6 is 0 Å². The van der Waals surface area contributed by atoms with Crippen molar-refractivity contribution in [3.8, 4) is 0 Å². The van der Waals surface area contributed by atoms with Crippen molar-refractivity contribution in [2.75, 3.05) is 6.61 Å². The van der Waals surface area contributed by atoms with Crippen LogP contribution in [0.25, 0.3) is 0 Å². The number of amidine groups is 1. The zero-order valence-electron chi connectivity index (χ0n) is 11.0. The zero-order chi connectivity index (χ0) is 13.7. The van der Waals surface area contributed by atoms with Crippen LogP contribution in [0, 0.1) is 0 Å². The minimum Gasteiger partial charge on any atom is -0.409 e. The lowest BCUT2D eigenvalue weighted by Crippen LogP contribution is -2.45. The first kappa shape index (κ1) is 13.8. The highest BCUT2D eigenvalue weighted by molar-refractivity contribution is 5.98. The molecule has 0 aromatic heterocycles. The van der Waals surface area contributed by atoms with E-state index in [9.17, 15) is 5.11 Å². The second kappa shape index (κ2) is 6.04. The molecule has 1 aromatic rings. The van der Waals surface area contributed by atoms with Gasteiger partial charge in [0.05, 0.1) is 6.61 Å². The Kier molecular flexibility index (Phi) is 4.39. The van der Waals surface area contributed by atoms with Crippen molar-refractivity contribution in [2.24, 2.45) is 10.9 Å². The Balaban J connectivity index is 2.11. The van der Waals surface area contributed by atoms with Gasteiger partial charge in [-0.2, -0.15) is 0 Å². The lowest BCUT2D eigenvalue weighted by Gasteiger charge is -2.28. The van der Waals surface area contributed by atoms with Crippen LogP contribution in [0.5, 0.6) is 0 Å². The number of nitrogens with two attached hydrogens (primary N) is 1. The molecule has 0 atom stereocenters. The Bertz CT molecular complexity index is 454. The molecule has 0 amide bonds. The first-order valence-corrected chi connectivity index (χ1v) is 6.62. The number of benzene rings is 1. The van der Waals surface area contributed by atoms with Crippen molar-refractivity contribution >= 4 is 5.84 Å². The maximum atomic E-state index is 9.57. The molecule has 0 unspecified atom stereocenters. The topological polar surface area (TPSA) is 90.9 Å². The lowest BCUT2D eigenvalue weighted by atomic mass is 9.97. The summed E-state index contributed by atoms with van der Waals surface area (Å²) in [6, 6.07) is 7.55. The van der Waals surface area contributed by atoms with Gasteiger partial charge in [0, 0.05) is 17.6 Å². The fourth-order valence-electron chi connectivity index (χ4n) is 2.70. The summed E-state index contributed by atoms with van der Waals surface area (Å²) in [6.45, 7) is 0.756. The lowest BCUT2D eigenvalue weighted by molar-refractivity contribution is 0.163. The standard InChI is InChI=1S/C14H21N3O2/c15-13(17-19)12-6-2-1-5-11(12)9-16-14(10-18)7-3-4-8-14/h1-2,5-6,16,18-19H,3-4,7-10H2,(H2,15,17). The van der Waals surface area contributed by atoms with E-state index in [1.54, 1.807) is 0 Å². The molecular formula is C14H21N3O2. The Morgan fingerprint density at radius 2 is 2.00 bits per heavy atom. The number of hydrogen-bond acceptors (Lipinski definition) is 4. The number of hydrogen-bond donors (Lipinski definition) is 4. The number of nitrogens with one attached hydrogen (secondary N) is 1. The maximum Gasteiger partial charge on any atom is 0.170 e. The van der Waals surface area contributed by atoms with E-state index in [-0.39, 0.29) is 18.0 Å². The molecular weight excluding hydrogens is 242 g/mol. The van der Waals surface area contributed by atoms with E-state index in [1.807, 2.05) is 24.3 Å². The van der Waals surface area contributed by atoms with Crippen molar-refractivity contribution in [1.29, 1.82) is 0 Å². The van der Waals surface area contributed by atoms with Gasteiger partial charge >= 0.3 is 0 Å². The fraction of sp³-hybridized carbons (Fsp3) is 0.500. The van der Waals surface area contributed by atoms with E-state index < -0.39 is 0 Å². The SMILES string of the molecule is NC(=NO)c1ccccc1CNC1(CO)CCCC1. The summed E-state index contributed by atoms with van der Waals surface area (Å²) in [5.74, 6) is 0.113. The van der Waals surface area contributed by atoms with E-state index in [0.29, 0.717) is 6.54 Å². The molecule has 19 heavy (non-hydrogen) atoms. The van der Waals surface area contributed by atoms with Crippen LogP contribution in [-0.2, 0) is 6.54 Å². The molecule has 1 aliphatic carbocycles. The minimum absolute atomic E-state index is 0.113. The molecule has 0 bridgehead atoms. The van der Waals surface area contributed by atoms with Crippen LogP contribution in [0.15, 0.2) is 29.4 Å². The van der Waals surface area contributed by atoms with Gasteiger partial charge in [-0.15, -0.1) is 0 Å². The van der Waals surface area contributed by atoms with Crippen LogP contribution in [0.4, 0.5) is 0 Å². The predicted molar refractivity (Wildman–Crippen MR) is 74.1 cm³/mol. The van der Waals surface area contributed by atoms with Gasteiger partial charge in [-0.1, -0.05) is 42.3 Å². The molecule has 1 saturated carbocycles. The summed E-state index contributed by atoms with van der Waals surface area (Å²) in [5.41, 5.74) is 7.19. The van der Waals surface area contributed by atoms with Crippen LogP contribution in [0.2, 0.25) is 0 Å². The predicted octanol–water partition coefficient (Wildman–Crippen LogP) is 1.18. The molecule has 104 valence electrons. The van der Waals surface area contributed by atoms with Gasteiger partial charge in [-0.25, -0.2) is 0 Å². The van der Waals surface area contributed by atoms with Gasteiger partial charge in [-0.05, 0) is 18.4 Å². The molecule has 1 aromatic carbocycles. The van der Waals surface area contributed by atoms with E-state index in [0.717, 1.165) is 36.8 Å². The summed E-state index contributed by atoms with van der Waals surface area (Å²) in [5, 5.41) is 24.9. The van der Waals surface area contributed by atoms with Gasteiger partial charge in [0.2, 0.25) is 0 Å². The van der Waals surface area contributed by atoms with E-state index >= 15 is 0 Å². The molecule has 0 heterocycles. The van der Waals surface area contributed by atoms with Crippen molar-refractivity contribution in [2.45, 2.75) is 37.8 Å². The third-order valence-corrected chi connectivity index (χ3v) is 3.92. The second-order valence-corrected chi connectivity index (χ2v) is 5.14. The van der Waals surface area contributed by atoms with Gasteiger partial charge in [0.15, 0.2) is 5.84 Å². The van der Waals surface area contributed by atoms with Gasteiger partial charge in [0.1, 0.15) is 0 Å². The van der Waals surface area contributed by atoms with Crippen molar-refractivity contribution in [3.63, 3.8) is 0 Å². The number of aliphatic hydroxyl groups excluding tert-OH is 1. The highest BCUT2D eigenvalue weighted by Gasteiger charge is 2.32. The Morgan fingerprint density at radius 1 is 1.32 bits per heavy atom. The summed E-state index contributed by atoms with van der Waals surface area (Å²) in [4.78, 5) is 0. The van der Waals surface area contributed by atoms with Crippen molar-refractivity contribution < 1.29 is 10.3 Å². The zero-order valence-corrected chi connectivity index (χ0v) is 11.0. The largest absolute Gasteiger partial charge is 0.409 e. The first-order chi connectivity index (χ1) is 9.21. The molecule has 0 spiro atoms. The Morgan fingerprint density at radius 3 is 2.63 bits per heavy atom. The number of oxime groups is 1. The van der Waals surface area contributed by atoms with E-state index in [1.165, 1.54) is 0 Å². The molecule has 1 fully saturated rings. The average molecular weight is 263 g/mol. The number of aliphatic hydroxyl groups is 1. The van der Waals surface area contributed by atoms with Crippen LogP contribution in [-0.4, -0.2) is 28.3 Å². The summed E-state index contributed by atoms with van der Waals surface area (Å²) >= 11 is 0. The third kappa shape index (κ3) is 3.05. The molecule has 5 heteroatoms. The van der Waals surface area contributed by atoms with Crippen LogP contribution in [0.1, 0.15) is 36.8 Å². The van der Waals surface area contributed by atoms with Gasteiger partial charge < -0.3 is 21.4 Å². The Labute approximate surface area is 113 Å². The summed E-state index contributed by atoms with van der Waals surface area (Å²) in [7, 11) is 0. The molecule has 5 nitrogen and oxygen atoms in total. The smallest absolute Gasteiger partial charge is 0.170 e. The number of nitrogens with zero attached hydrogens (tertiary/aromatic N) is 1. The van der Waals surface area contributed by atoms with Gasteiger partial charge in [-0.3, -0.25) is 0 Å². The van der Waals surface area contributed by atoms with Crippen LogP contribution < -0.4 is 11.1 Å². The normalized spacial score (nSPS) is 18.7. The highest BCUT2D eigenvalue weighted by Crippen LogP contribution is 2.29. The molecule has 5 N–H and O–H groups in total. The van der Waals surface area contributed by atoms with E-state index in [2.05, 4.69) is 10.5 Å². The number of rotatable bonds is 5. The van der Waals surface area contributed by atoms with Crippen LogP contribution in [0.3, 0.4) is 0 Å². The fourth-order valence-corrected chi connectivity index (χ4v) is 2.70. The van der Waals surface area contributed by atoms with Crippen molar-refractivity contribution in [1.82, 2.24) is 5.32 Å². The minimum atomic E-state index is -0.168. The quantitative estimate of drug-likeness (QED) is 0.278. The average Bonchev–Trinajstić information content (AvgIpc) is 2.94. The van der Waals surface area contributed by atoms with Gasteiger partial charge in [0.25, 0.3) is 0 Å². The second-order valence-electron chi connectivity index (χ2n) is 5.14. The highest BCUT2D eigenvalue weighted by atomic mass is 16.4. The molecule has 0 aliphatic heterocycles. The molecule has 2 rings (SSSR count). The maximum absolute atomic E-state index is 9.57. The molecule has 1 aliphatic rings. The van der Waals surface area contributed by atoms with E-state index in [4.69, 9.17) is 10.9 Å². The third-order valence-electron chi connectivity index (χ3n) is 3.92. The summed E-state index contributed by atoms with van der Waals surface area (Å²) in [6.07, 6.45) is 4.29. The first-order valence-electron chi connectivity index (χ1n) is 6.62. The molecule has 0 radical (unpaired) electrons. The molecule has 0 saturated heterocycles. The van der Waals surface area contributed by atoms with Crippen molar-refractivity contribution in [3.05, 3.63) is 35.4 Å². The monoisotopic (exact) mass is 263 g/mol. The Hall–Kier alpha value is -1.59.